The van der Waals surface area contributed by atoms with Crippen molar-refractivity contribution in [3.63, 3.8) is 0 Å². The van der Waals surface area contributed by atoms with Gasteiger partial charge in [0.05, 0.1) is 16.4 Å². The SMILES string of the molecule is Cc1ccnc(C(C)C)c1N1CN=Cc2cc(Cl)c(Cl)nc21. The number of aryl methyl sites for hydroxylation is 1. The van der Waals surface area contributed by atoms with Crippen LogP contribution in [0.15, 0.2) is 23.3 Å². The van der Waals surface area contributed by atoms with E-state index in [4.69, 9.17) is 23.2 Å². The number of halogens is 2. The number of anilines is 2. The van der Waals surface area contributed by atoms with E-state index in [1.807, 2.05) is 12.3 Å². The molecule has 0 saturated heterocycles. The zero-order valence-electron chi connectivity index (χ0n) is 12.6. The van der Waals surface area contributed by atoms with Crippen LogP contribution >= 0.6 is 23.2 Å². The first-order valence-electron chi connectivity index (χ1n) is 7.08. The van der Waals surface area contributed by atoms with E-state index in [1.165, 1.54) is 0 Å². The molecule has 2 aromatic heterocycles. The molecule has 3 rings (SSSR count). The molecule has 0 atom stereocenters. The van der Waals surface area contributed by atoms with Gasteiger partial charge in [-0.1, -0.05) is 37.0 Å². The summed E-state index contributed by atoms with van der Waals surface area (Å²) in [6.07, 6.45) is 3.62. The molecular weight excluding hydrogens is 319 g/mol. The highest BCUT2D eigenvalue weighted by molar-refractivity contribution is 6.41. The van der Waals surface area contributed by atoms with Crippen molar-refractivity contribution in [2.45, 2.75) is 26.7 Å². The summed E-state index contributed by atoms with van der Waals surface area (Å²) in [5.74, 6) is 1.06. The third-order valence-electron chi connectivity index (χ3n) is 3.62. The minimum absolute atomic E-state index is 0.298. The van der Waals surface area contributed by atoms with Crippen LogP contribution in [-0.2, 0) is 0 Å². The number of hydrogen-bond donors (Lipinski definition) is 0. The summed E-state index contributed by atoms with van der Waals surface area (Å²) in [7, 11) is 0. The molecule has 0 bridgehead atoms. The number of aliphatic imine (C=N–C) groups is 1. The zero-order valence-corrected chi connectivity index (χ0v) is 14.2. The lowest BCUT2D eigenvalue weighted by molar-refractivity contribution is 0.803. The van der Waals surface area contributed by atoms with Gasteiger partial charge in [-0.15, -0.1) is 0 Å². The lowest BCUT2D eigenvalue weighted by Gasteiger charge is -2.30. The van der Waals surface area contributed by atoms with Gasteiger partial charge in [0.2, 0.25) is 0 Å². The van der Waals surface area contributed by atoms with Crippen LogP contribution in [-0.4, -0.2) is 22.9 Å². The van der Waals surface area contributed by atoms with Crippen LogP contribution in [0.2, 0.25) is 10.2 Å². The first kappa shape index (κ1) is 15.3. The molecule has 114 valence electrons. The van der Waals surface area contributed by atoms with E-state index < -0.39 is 0 Å². The Morgan fingerprint density at radius 2 is 2.05 bits per heavy atom. The number of pyridine rings is 2. The second-order valence-electron chi connectivity index (χ2n) is 5.57. The largest absolute Gasteiger partial charge is 0.304 e. The van der Waals surface area contributed by atoms with Crippen molar-refractivity contribution >= 4 is 40.9 Å². The summed E-state index contributed by atoms with van der Waals surface area (Å²) in [6, 6.07) is 3.79. The Morgan fingerprint density at radius 1 is 1.27 bits per heavy atom. The van der Waals surface area contributed by atoms with Crippen LogP contribution in [0.25, 0.3) is 0 Å². The summed E-state index contributed by atoms with van der Waals surface area (Å²) < 4.78 is 0. The molecule has 1 aliphatic heterocycles. The molecule has 6 heteroatoms. The van der Waals surface area contributed by atoms with E-state index in [1.54, 1.807) is 12.3 Å². The third kappa shape index (κ3) is 2.57. The molecule has 0 N–H and O–H groups in total. The van der Waals surface area contributed by atoms with Crippen LogP contribution in [0.3, 0.4) is 0 Å². The van der Waals surface area contributed by atoms with Crippen LogP contribution in [0, 0.1) is 6.92 Å². The van der Waals surface area contributed by atoms with Gasteiger partial charge in [0.15, 0.2) is 0 Å². The van der Waals surface area contributed by atoms with Gasteiger partial charge in [-0.2, -0.15) is 0 Å². The molecule has 22 heavy (non-hydrogen) atoms. The molecule has 2 aromatic rings. The van der Waals surface area contributed by atoms with Crippen LogP contribution in [0.1, 0.15) is 36.6 Å². The predicted octanol–water partition coefficient (Wildman–Crippen LogP) is 4.74. The molecule has 0 fully saturated rings. The zero-order chi connectivity index (χ0) is 15.9. The number of nitrogens with zero attached hydrogens (tertiary/aromatic N) is 4. The van der Waals surface area contributed by atoms with Gasteiger partial charge in [-0.05, 0) is 30.5 Å². The normalized spacial score (nSPS) is 13.6. The Balaban J connectivity index is 2.20. The van der Waals surface area contributed by atoms with Gasteiger partial charge in [0.25, 0.3) is 0 Å². The van der Waals surface area contributed by atoms with Crippen molar-refractivity contribution in [3.05, 3.63) is 45.3 Å². The van der Waals surface area contributed by atoms with Gasteiger partial charge in [0, 0.05) is 18.0 Å². The second-order valence-corrected chi connectivity index (χ2v) is 6.34. The maximum atomic E-state index is 6.11. The second kappa shape index (κ2) is 5.86. The molecule has 4 nitrogen and oxygen atoms in total. The van der Waals surface area contributed by atoms with Crippen molar-refractivity contribution in [1.29, 1.82) is 0 Å². The van der Waals surface area contributed by atoms with Gasteiger partial charge < -0.3 is 4.90 Å². The molecule has 3 heterocycles. The number of fused-ring (bicyclic) bond motifs is 1. The Bertz CT molecular complexity index is 756. The molecule has 0 radical (unpaired) electrons. The first-order chi connectivity index (χ1) is 10.5. The molecule has 0 amide bonds. The van der Waals surface area contributed by atoms with Gasteiger partial charge in [-0.3, -0.25) is 9.98 Å². The number of hydrogen-bond acceptors (Lipinski definition) is 4. The lowest BCUT2D eigenvalue weighted by Crippen LogP contribution is -2.26. The highest BCUT2D eigenvalue weighted by Crippen LogP contribution is 2.37. The third-order valence-corrected chi connectivity index (χ3v) is 4.29. The minimum Gasteiger partial charge on any atom is -0.304 e. The molecular formula is C16H16Cl2N4. The van der Waals surface area contributed by atoms with E-state index in [-0.39, 0.29) is 0 Å². The smallest absolute Gasteiger partial charge is 0.150 e. The maximum absolute atomic E-state index is 6.11. The Hall–Kier alpha value is -1.65. The average molecular weight is 335 g/mol. The van der Waals surface area contributed by atoms with Crippen molar-refractivity contribution in [1.82, 2.24) is 9.97 Å². The molecule has 0 saturated carbocycles. The fourth-order valence-corrected chi connectivity index (χ4v) is 2.89. The summed E-state index contributed by atoms with van der Waals surface area (Å²) in [4.78, 5) is 15.5. The molecule has 0 spiro atoms. The van der Waals surface area contributed by atoms with Gasteiger partial charge in [0.1, 0.15) is 17.6 Å². The Labute approximate surface area is 139 Å². The Kier molecular flexibility index (Phi) is 4.06. The number of aromatic nitrogens is 2. The average Bonchev–Trinajstić information content (AvgIpc) is 2.48. The molecule has 0 unspecified atom stereocenters. The van der Waals surface area contributed by atoms with Gasteiger partial charge >= 0.3 is 0 Å². The maximum Gasteiger partial charge on any atom is 0.150 e. The summed E-state index contributed by atoms with van der Waals surface area (Å²) >= 11 is 12.2. The highest BCUT2D eigenvalue weighted by atomic mass is 35.5. The van der Waals surface area contributed by atoms with Crippen LogP contribution < -0.4 is 4.90 Å². The van der Waals surface area contributed by atoms with Gasteiger partial charge in [-0.25, -0.2) is 4.98 Å². The van der Waals surface area contributed by atoms with Crippen molar-refractivity contribution in [3.8, 4) is 0 Å². The lowest BCUT2D eigenvalue weighted by atomic mass is 10.0. The van der Waals surface area contributed by atoms with E-state index in [0.717, 1.165) is 28.3 Å². The van der Waals surface area contributed by atoms with Crippen LogP contribution in [0.4, 0.5) is 11.5 Å². The molecule has 0 aromatic carbocycles. The fraction of sp³-hybridized carbons (Fsp3) is 0.312. The quantitative estimate of drug-likeness (QED) is 0.744. The van der Waals surface area contributed by atoms with Crippen molar-refractivity contribution in [2.24, 2.45) is 4.99 Å². The topological polar surface area (TPSA) is 41.4 Å². The van der Waals surface area contributed by atoms with E-state index in [9.17, 15) is 0 Å². The first-order valence-corrected chi connectivity index (χ1v) is 7.83. The fourth-order valence-electron chi connectivity index (χ4n) is 2.59. The van der Waals surface area contributed by atoms with Crippen molar-refractivity contribution < 1.29 is 0 Å². The molecule has 0 aliphatic carbocycles. The Morgan fingerprint density at radius 3 is 2.77 bits per heavy atom. The predicted molar refractivity (Wildman–Crippen MR) is 91.9 cm³/mol. The van der Waals surface area contributed by atoms with Crippen LogP contribution in [0.5, 0.6) is 0 Å². The van der Waals surface area contributed by atoms with Crippen molar-refractivity contribution in [2.75, 3.05) is 11.6 Å². The summed E-state index contributed by atoms with van der Waals surface area (Å²) in [6.45, 7) is 6.81. The number of rotatable bonds is 2. The standard InChI is InChI=1S/C16H16Cl2N4/c1-9(2)13-14(10(3)4-5-20-13)22-8-19-7-11-6-12(17)15(18)21-16(11)22/h4-7,9H,8H2,1-3H3. The highest BCUT2D eigenvalue weighted by Gasteiger charge is 2.24. The summed E-state index contributed by atoms with van der Waals surface area (Å²) in [5, 5.41) is 0.731. The summed E-state index contributed by atoms with van der Waals surface area (Å²) in [5.41, 5.74) is 4.06. The van der Waals surface area contributed by atoms with E-state index >= 15 is 0 Å². The molecule has 1 aliphatic rings. The van der Waals surface area contributed by atoms with E-state index in [0.29, 0.717) is 22.8 Å². The minimum atomic E-state index is 0.298. The monoisotopic (exact) mass is 334 g/mol. The van der Waals surface area contributed by atoms with E-state index in [2.05, 4.69) is 40.6 Å².